The number of esters is 2. The van der Waals surface area contributed by atoms with Crippen molar-refractivity contribution in [3.63, 3.8) is 0 Å². The SMILES string of the molecule is CCCCCCCCCOC(=O)CCCCCCCN(CCCCCCCOC(=O)C(CCCCCCCC)CCCCCCCC)CCCNc1c(NC)c(=O)c1=O. The van der Waals surface area contributed by atoms with E-state index in [-0.39, 0.29) is 17.9 Å². The van der Waals surface area contributed by atoms with Gasteiger partial charge in [0.05, 0.1) is 19.1 Å². The molecule has 0 atom stereocenters. The molecule has 1 rings (SSSR count). The Kier molecular flexibility index (Phi) is 36.7. The Morgan fingerprint density at radius 1 is 0.492 bits per heavy atom. The predicted molar refractivity (Wildman–Crippen MR) is 251 cm³/mol. The fourth-order valence-corrected chi connectivity index (χ4v) is 8.08. The highest BCUT2D eigenvalue weighted by atomic mass is 16.5. The van der Waals surface area contributed by atoms with Gasteiger partial charge in [-0.05, 0) is 71.0 Å². The number of anilines is 2. The molecule has 9 nitrogen and oxygen atoms in total. The van der Waals surface area contributed by atoms with E-state index in [1.54, 1.807) is 7.05 Å². The van der Waals surface area contributed by atoms with E-state index in [1.165, 1.54) is 96.3 Å². The molecular weight excluding hydrogens is 739 g/mol. The van der Waals surface area contributed by atoms with Gasteiger partial charge in [0.1, 0.15) is 11.4 Å². The minimum absolute atomic E-state index is 0.0422. The van der Waals surface area contributed by atoms with E-state index in [0.29, 0.717) is 37.6 Å². The standard InChI is InChI=1S/C50H93N3O6/c1-5-8-11-14-17-25-32-42-58-45(54)37-29-22-18-23-30-39-53(41-34-38-52-47-46(51-4)48(55)49(47)56)40-31-24-19-26-33-43-59-50(57)44(35-27-20-15-12-9-6-2)36-28-21-16-13-10-7-3/h44,51-52H,5-43H2,1-4H3. The van der Waals surface area contributed by atoms with E-state index in [4.69, 9.17) is 9.47 Å². The van der Waals surface area contributed by atoms with Crippen LogP contribution in [0.2, 0.25) is 0 Å². The topological polar surface area (TPSA) is 114 Å². The lowest BCUT2D eigenvalue weighted by Gasteiger charge is -2.23. The van der Waals surface area contributed by atoms with Crippen LogP contribution in [0.15, 0.2) is 9.59 Å². The van der Waals surface area contributed by atoms with E-state index in [2.05, 4.69) is 36.3 Å². The van der Waals surface area contributed by atoms with Crippen LogP contribution in [0.1, 0.15) is 233 Å². The predicted octanol–water partition coefficient (Wildman–Crippen LogP) is 12.7. The summed E-state index contributed by atoms with van der Waals surface area (Å²) >= 11 is 0. The average Bonchev–Trinajstić information content (AvgIpc) is 3.24. The lowest BCUT2D eigenvalue weighted by molar-refractivity contribution is -0.149. The quantitative estimate of drug-likeness (QED) is 0.0377. The Morgan fingerprint density at radius 3 is 1.41 bits per heavy atom. The molecule has 2 N–H and O–H groups in total. The van der Waals surface area contributed by atoms with E-state index in [9.17, 15) is 19.2 Å². The molecule has 0 bridgehead atoms. The van der Waals surface area contributed by atoms with Crippen molar-refractivity contribution in [3.05, 3.63) is 20.4 Å². The second-order valence-corrected chi connectivity index (χ2v) is 17.4. The van der Waals surface area contributed by atoms with Gasteiger partial charge < -0.3 is 25.0 Å². The van der Waals surface area contributed by atoms with Crippen LogP contribution >= 0.6 is 0 Å². The van der Waals surface area contributed by atoms with E-state index < -0.39 is 10.9 Å². The molecule has 0 aliphatic rings. The zero-order chi connectivity index (χ0) is 43.0. The Hall–Kier alpha value is -2.42. The fraction of sp³-hybridized carbons (Fsp3) is 0.880. The zero-order valence-corrected chi connectivity index (χ0v) is 39.1. The molecule has 9 heteroatoms. The maximum absolute atomic E-state index is 13.1. The molecule has 0 radical (unpaired) electrons. The molecule has 0 aromatic heterocycles. The number of ether oxygens (including phenoxy) is 2. The van der Waals surface area contributed by atoms with Crippen LogP contribution in [0.3, 0.4) is 0 Å². The van der Waals surface area contributed by atoms with Crippen LogP contribution < -0.4 is 21.5 Å². The largest absolute Gasteiger partial charge is 0.466 e. The van der Waals surface area contributed by atoms with Gasteiger partial charge in [0.25, 0.3) is 10.9 Å². The summed E-state index contributed by atoms with van der Waals surface area (Å²) in [5.41, 5.74) is -0.0540. The smallest absolute Gasteiger partial charge is 0.308 e. The molecule has 1 aromatic carbocycles. The van der Waals surface area contributed by atoms with Gasteiger partial charge in [0.15, 0.2) is 0 Å². The molecule has 0 fully saturated rings. The number of carbonyl (C=O) groups is 2. The summed E-state index contributed by atoms with van der Waals surface area (Å²) in [6.45, 7) is 11.5. The van der Waals surface area contributed by atoms with Gasteiger partial charge in [-0.15, -0.1) is 0 Å². The Morgan fingerprint density at radius 2 is 0.898 bits per heavy atom. The van der Waals surface area contributed by atoms with Crippen molar-refractivity contribution in [2.24, 2.45) is 5.92 Å². The molecule has 0 spiro atoms. The summed E-state index contributed by atoms with van der Waals surface area (Å²) in [5.74, 6) is 0.0645. The van der Waals surface area contributed by atoms with Gasteiger partial charge in [-0.2, -0.15) is 0 Å². The number of hydrogen-bond donors (Lipinski definition) is 2. The van der Waals surface area contributed by atoms with Crippen molar-refractivity contribution in [3.8, 4) is 0 Å². The van der Waals surface area contributed by atoms with Crippen molar-refractivity contribution in [1.82, 2.24) is 4.90 Å². The van der Waals surface area contributed by atoms with Gasteiger partial charge in [-0.3, -0.25) is 19.2 Å². The second kappa shape index (κ2) is 39.7. The molecule has 0 heterocycles. The molecular formula is C50H93N3O6. The molecule has 0 amide bonds. The summed E-state index contributed by atoms with van der Waals surface area (Å²) in [6.07, 6.45) is 37.8. The molecule has 0 aliphatic heterocycles. The van der Waals surface area contributed by atoms with Crippen LogP contribution in [-0.2, 0) is 19.1 Å². The maximum Gasteiger partial charge on any atom is 0.308 e. The first-order valence-corrected chi connectivity index (χ1v) is 25.2. The van der Waals surface area contributed by atoms with Crippen molar-refractivity contribution >= 4 is 23.3 Å². The van der Waals surface area contributed by atoms with E-state index >= 15 is 0 Å². The van der Waals surface area contributed by atoms with Gasteiger partial charge in [0, 0.05) is 20.0 Å². The van der Waals surface area contributed by atoms with E-state index in [0.717, 1.165) is 129 Å². The van der Waals surface area contributed by atoms with Crippen molar-refractivity contribution in [2.45, 2.75) is 233 Å². The minimum atomic E-state index is -0.439. The average molecular weight is 832 g/mol. The van der Waals surface area contributed by atoms with Crippen LogP contribution in [0.4, 0.5) is 11.4 Å². The third-order valence-electron chi connectivity index (χ3n) is 12.0. The maximum atomic E-state index is 13.1. The number of nitrogens with one attached hydrogen (secondary N) is 2. The van der Waals surface area contributed by atoms with E-state index in [1.807, 2.05) is 0 Å². The highest BCUT2D eigenvalue weighted by molar-refractivity contribution is 5.73. The normalized spacial score (nSPS) is 11.6. The Labute approximate surface area is 362 Å². The minimum Gasteiger partial charge on any atom is -0.466 e. The molecule has 0 saturated heterocycles. The number of nitrogens with zero attached hydrogens (tertiary/aromatic N) is 1. The van der Waals surface area contributed by atoms with Crippen LogP contribution in [0, 0.1) is 5.92 Å². The summed E-state index contributed by atoms with van der Waals surface area (Å²) in [4.78, 5) is 51.5. The Bertz CT molecular complexity index is 1180. The van der Waals surface area contributed by atoms with Crippen molar-refractivity contribution < 1.29 is 19.1 Å². The van der Waals surface area contributed by atoms with Gasteiger partial charge in [0.2, 0.25) is 0 Å². The van der Waals surface area contributed by atoms with Crippen molar-refractivity contribution in [1.29, 1.82) is 0 Å². The summed E-state index contributed by atoms with van der Waals surface area (Å²) in [5, 5.41) is 6.01. The third-order valence-corrected chi connectivity index (χ3v) is 12.0. The van der Waals surface area contributed by atoms with Gasteiger partial charge in [-0.1, -0.05) is 175 Å². The van der Waals surface area contributed by atoms with Gasteiger partial charge in [-0.25, -0.2) is 0 Å². The molecule has 0 unspecified atom stereocenters. The number of hydrogen-bond acceptors (Lipinski definition) is 9. The molecule has 0 aliphatic carbocycles. The summed E-state index contributed by atoms with van der Waals surface area (Å²) in [6, 6.07) is 0. The first kappa shape index (κ1) is 54.6. The lowest BCUT2D eigenvalue weighted by atomic mass is 9.94. The number of unbranched alkanes of at least 4 members (excludes halogenated alkanes) is 24. The summed E-state index contributed by atoms with van der Waals surface area (Å²) in [7, 11) is 1.67. The fourth-order valence-electron chi connectivity index (χ4n) is 8.08. The van der Waals surface area contributed by atoms with Crippen molar-refractivity contribution in [2.75, 3.05) is 57.1 Å². The molecule has 1 aromatic rings. The molecule has 59 heavy (non-hydrogen) atoms. The molecule has 344 valence electrons. The molecule has 0 saturated carbocycles. The first-order valence-electron chi connectivity index (χ1n) is 25.2. The number of carbonyl (C=O) groups excluding carboxylic acids is 2. The Balaban J connectivity index is 2.36. The third kappa shape index (κ3) is 29.5. The van der Waals surface area contributed by atoms with Gasteiger partial charge >= 0.3 is 11.9 Å². The second-order valence-electron chi connectivity index (χ2n) is 17.4. The first-order chi connectivity index (χ1) is 28.9. The van der Waals surface area contributed by atoms with Crippen LogP contribution in [-0.4, -0.2) is 63.3 Å². The monoisotopic (exact) mass is 832 g/mol. The zero-order valence-electron chi connectivity index (χ0n) is 39.1. The lowest BCUT2D eigenvalue weighted by Crippen LogP contribution is -2.37. The summed E-state index contributed by atoms with van der Waals surface area (Å²) < 4.78 is 11.3. The highest BCUT2D eigenvalue weighted by Gasteiger charge is 2.20. The number of rotatable bonds is 45. The highest BCUT2D eigenvalue weighted by Crippen LogP contribution is 2.21. The van der Waals surface area contributed by atoms with Crippen LogP contribution in [0.25, 0.3) is 0 Å². The van der Waals surface area contributed by atoms with Crippen LogP contribution in [0.5, 0.6) is 0 Å².